The number of nitrogens with one attached hydrogen (secondary N) is 1. The van der Waals surface area contributed by atoms with E-state index in [1.807, 2.05) is 6.07 Å². The van der Waals surface area contributed by atoms with Gasteiger partial charge in [-0.2, -0.15) is 0 Å². The molecular weight excluding hydrogens is 318 g/mol. The van der Waals surface area contributed by atoms with Crippen LogP contribution in [-0.4, -0.2) is 34.2 Å². The van der Waals surface area contributed by atoms with Gasteiger partial charge in [0.05, 0.1) is 11.1 Å². The number of fused-ring (bicyclic) bond motifs is 1. The lowest BCUT2D eigenvalue weighted by molar-refractivity contribution is -0.116. The summed E-state index contributed by atoms with van der Waals surface area (Å²) in [6.45, 7) is 0.383. The van der Waals surface area contributed by atoms with Gasteiger partial charge in [-0.15, -0.1) is 0 Å². The molecule has 1 aliphatic rings. The molecule has 1 aliphatic heterocycles. The Labute approximate surface area is 145 Å². The van der Waals surface area contributed by atoms with Crippen molar-refractivity contribution in [2.24, 2.45) is 0 Å². The van der Waals surface area contributed by atoms with Crippen LogP contribution in [0, 0.1) is 0 Å². The van der Waals surface area contributed by atoms with Gasteiger partial charge in [0, 0.05) is 19.2 Å². The topological polar surface area (TPSA) is 79.4 Å². The quantitative estimate of drug-likeness (QED) is 0.622. The molecular formula is C19H19N3O3. The highest BCUT2D eigenvalue weighted by molar-refractivity contribution is 6.21. The number of anilines is 1. The average Bonchev–Trinajstić information content (AvgIpc) is 2.87. The minimum Gasteiger partial charge on any atom is -0.311 e. The van der Waals surface area contributed by atoms with Crippen LogP contribution in [0.1, 0.15) is 46.4 Å². The predicted octanol–water partition coefficient (Wildman–Crippen LogP) is 2.88. The Bertz CT molecular complexity index is 755. The first-order valence-electron chi connectivity index (χ1n) is 8.33. The van der Waals surface area contributed by atoms with Crippen LogP contribution < -0.4 is 5.32 Å². The van der Waals surface area contributed by atoms with Gasteiger partial charge in [-0.3, -0.25) is 19.3 Å². The number of rotatable bonds is 7. The molecule has 2 heterocycles. The van der Waals surface area contributed by atoms with E-state index in [2.05, 4.69) is 10.3 Å². The molecule has 6 nitrogen and oxygen atoms in total. The molecule has 0 atom stereocenters. The molecule has 3 rings (SSSR count). The van der Waals surface area contributed by atoms with Crippen molar-refractivity contribution in [3.63, 3.8) is 0 Å². The number of carbonyl (C=O) groups excluding carboxylic acids is 3. The maximum atomic E-state index is 12.2. The van der Waals surface area contributed by atoms with Crippen LogP contribution in [0.15, 0.2) is 48.7 Å². The Hall–Kier alpha value is -3.02. The van der Waals surface area contributed by atoms with E-state index in [0.29, 0.717) is 42.8 Å². The van der Waals surface area contributed by atoms with E-state index in [9.17, 15) is 14.4 Å². The first-order valence-corrected chi connectivity index (χ1v) is 8.33. The predicted molar refractivity (Wildman–Crippen MR) is 93.1 cm³/mol. The van der Waals surface area contributed by atoms with Crippen LogP contribution in [-0.2, 0) is 4.79 Å². The van der Waals surface area contributed by atoms with Crippen LogP contribution in [0.25, 0.3) is 0 Å². The Morgan fingerprint density at radius 3 is 2.24 bits per heavy atom. The summed E-state index contributed by atoms with van der Waals surface area (Å²) in [4.78, 5) is 41.6. The molecule has 0 unspecified atom stereocenters. The molecule has 128 valence electrons. The largest absolute Gasteiger partial charge is 0.311 e. The van der Waals surface area contributed by atoms with E-state index in [0.717, 1.165) is 6.42 Å². The Morgan fingerprint density at radius 2 is 1.60 bits per heavy atom. The van der Waals surface area contributed by atoms with Crippen molar-refractivity contribution in [2.45, 2.75) is 25.7 Å². The van der Waals surface area contributed by atoms with E-state index in [-0.39, 0.29) is 17.7 Å². The van der Waals surface area contributed by atoms with Crippen molar-refractivity contribution < 1.29 is 14.4 Å². The summed E-state index contributed by atoms with van der Waals surface area (Å²) in [5, 5.41) is 2.73. The lowest BCUT2D eigenvalue weighted by Gasteiger charge is -2.13. The van der Waals surface area contributed by atoms with Gasteiger partial charge in [-0.05, 0) is 37.1 Å². The zero-order valence-corrected chi connectivity index (χ0v) is 13.8. The third kappa shape index (κ3) is 3.91. The summed E-state index contributed by atoms with van der Waals surface area (Å²) < 4.78 is 0. The van der Waals surface area contributed by atoms with E-state index >= 15 is 0 Å². The Balaban J connectivity index is 1.39. The molecule has 0 fully saturated rings. The van der Waals surface area contributed by atoms with E-state index < -0.39 is 0 Å². The molecule has 25 heavy (non-hydrogen) atoms. The number of amides is 3. The number of pyridine rings is 1. The standard InChI is InChI=1S/C19H19N3O3/c23-17(21-16-10-5-6-12-20-16)11-2-1-7-13-22-18(24)14-8-3-4-9-15(14)19(22)25/h3-6,8-10,12H,1-2,7,11,13H2,(H,20,21,23). The summed E-state index contributed by atoms with van der Waals surface area (Å²) in [5.41, 5.74) is 0.949. The summed E-state index contributed by atoms with van der Waals surface area (Å²) in [6.07, 6.45) is 4.16. The zero-order valence-electron chi connectivity index (χ0n) is 13.8. The molecule has 1 aromatic carbocycles. The number of unbranched alkanes of at least 4 members (excludes halogenated alkanes) is 2. The second kappa shape index (κ2) is 7.70. The Morgan fingerprint density at radius 1 is 0.920 bits per heavy atom. The number of hydrogen-bond donors (Lipinski definition) is 1. The van der Waals surface area contributed by atoms with Gasteiger partial charge < -0.3 is 5.32 Å². The fourth-order valence-electron chi connectivity index (χ4n) is 2.82. The number of hydrogen-bond acceptors (Lipinski definition) is 4. The van der Waals surface area contributed by atoms with Gasteiger partial charge in [0.25, 0.3) is 11.8 Å². The van der Waals surface area contributed by atoms with E-state index in [1.54, 1.807) is 42.6 Å². The summed E-state index contributed by atoms with van der Waals surface area (Å²) >= 11 is 0. The van der Waals surface area contributed by atoms with Crippen LogP contribution in [0.4, 0.5) is 5.82 Å². The monoisotopic (exact) mass is 337 g/mol. The number of benzene rings is 1. The third-order valence-electron chi connectivity index (χ3n) is 4.10. The molecule has 0 spiro atoms. The second-order valence-electron chi connectivity index (χ2n) is 5.88. The first kappa shape index (κ1) is 16.8. The van der Waals surface area contributed by atoms with Crippen LogP contribution in [0.5, 0.6) is 0 Å². The highest BCUT2D eigenvalue weighted by Gasteiger charge is 2.34. The first-order chi connectivity index (χ1) is 12.2. The molecule has 0 saturated carbocycles. The Kier molecular flexibility index (Phi) is 5.18. The fourth-order valence-corrected chi connectivity index (χ4v) is 2.82. The van der Waals surface area contributed by atoms with Crippen molar-refractivity contribution in [1.29, 1.82) is 0 Å². The van der Waals surface area contributed by atoms with Gasteiger partial charge in [0.2, 0.25) is 5.91 Å². The minimum atomic E-state index is -0.228. The van der Waals surface area contributed by atoms with Crippen molar-refractivity contribution in [1.82, 2.24) is 9.88 Å². The van der Waals surface area contributed by atoms with Gasteiger partial charge in [-0.1, -0.05) is 24.6 Å². The molecule has 0 bridgehead atoms. The summed E-state index contributed by atoms with van der Waals surface area (Å²) in [5.74, 6) is -0.0000509. The number of carbonyl (C=O) groups is 3. The second-order valence-corrected chi connectivity index (χ2v) is 5.88. The average molecular weight is 337 g/mol. The maximum absolute atomic E-state index is 12.2. The molecule has 0 radical (unpaired) electrons. The number of aromatic nitrogens is 1. The third-order valence-corrected chi connectivity index (χ3v) is 4.10. The fraction of sp³-hybridized carbons (Fsp3) is 0.263. The molecule has 6 heteroatoms. The number of imide groups is 1. The minimum absolute atomic E-state index is 0.0839. The van der Waals surface area contributed by atoms with Crippen LogP contribution in [0.2, 0.25) is 0 Å². The highest BCUT2D eigenvalue weighted by Crippen LogP contribution is 2.22. The maximum Gasteiger partial charge on any atom is 0.261 e. The van der Waals surface area contributed by atoms with Crippen LogP contribution in [0.3, 0.4) is 0 Å². The van der Waals surface area contributed by atoms with Gasteiger partial charge in [0.1, 0.15) is 5.82 Å². The van der Waals surface area contributed by atoms with Gasteiger partial charge in [0.15, 0.2) is 0 Å². The zero-order chi connectivity index (χ0) is 17.6. The van der Waals surface area contributed by atoms with Gasteiger partial charge >= 0.3 is 0 Å². The van der Waals surface area contributed by atoms with Crippen molar-refractivity contribution in [3.8, 4) is 0 Å². The van der Waals surface area contributed by atoms with Crippen molar-refractivity contribution in [2.75, 3.05) is 11.9 Å². The van der Waals surface area contributed by atoms with Crippen molar-refractivity contribution in [3.05, 3.63) is 59.8 Å². The molecule has 0 aliphatic carbocycles. The van der Waals surface area contributed by atoms with Gasteiger partial charge in [-0.25, -0.2) is 4.98 Å². The molecule has 0 saturated heterocycles. The number of nitrogens with zero attached hydrogens (tertiary/aromatic N) is 2. The normalized spacial score (nSPS) is 13.0. The molecule has 1 N–H and O–H groups in total. The molecule has 1 aromatic heterocycles. The summed E-state index contributed by atoms with van der Waals surface area (Å²) in [6, 6.07) is 12.2. The lowest BCUT2D eigenvalue weighted by Crippen LogP contribution is -2.30. The van der Waals surface area contributed by atoms with Crippen LogP contribution >= 0.6 is 0 Å². The lowest BCUT2D eigenvalue weighted by atomic mass is 10.1. The SMILES string of the molecule is O=C(CCCCCN1C(=O)c2ccccc2C1=O)Nc1ccccn1. The van der Waals surface area contributed by atoms with E-state index in [4.69, 9.17) is 0 Å². The highest BCUT2D eigenvalue weighted by atomic mass is 16.2. The summed E-state index contributed by atoms with van der Waals surface area (Å²) in [7, 11) is 0. The molecule has 2 aromatic rings. The van der Waals surface area contributed by atoms with E-state index in [1.165, 1.54) is 4.90 Å². The van der Waals surface area contributed by atoms with Crippen molar-refractivity contribution >= 4 is 23.5 Å². The smallest absolute Gasteiger partial charge is 0.261 e. The molecule has 3 amide bonds.